The highest BCUT2D eigenvalue weighted by atomic mass is 32.2. The van der Waals surface area contributed by atoms with Crippen molar-refractivity contribution >= 4 is 26.9 Å². The van der Waals surface area contributed by atoms with Crippen LogP contribution < -0.4 is 5.56 Å². The molecule has 1 fully saturated rings. The Hall–Kier alpha value is -3.97. The van der Waals surface area contributed by atoms with E-state index in [-0.39, 0.29) is 40.7 Å². The number of piperidine rings is 1. The van der Waals surface area contributed by atoms with Gasteiger partial charge in [-0.25, -0.2) is 18.1 Å². The molecule has 2 aromatic carbocycles. The first-order chi connectivity index (χ1) is 16.8. The number of rotatable bonds is 6. The molecule has 35 heavy (non-hydrogen) atoms. The Labute approximate surface area is 199 Å². The molecule has 5 rings (SSSR count). The number of benzene rings is 2. The fourth-order valence-corrected chi connectivity index (χ4v) is 5.67. The summed E-state index contributed by atoms with van der Waals surface area (Å²) in [6, 6.07) is 14.5. The fourth-order valence-electron chi connectivity index (χ4n) is 4.20. The van der Waals surface area contributed by atoms with Crippen LogP contribution in [0.25, 0.3) is 11.2 Å². The van der Waals surface area contributed by atoms with Crippen LogP contribution in [0.5, 0.6) is 0 Å². The van der Waals surface area contributed by atoms with Gasteiger partial charge in [0, 0.05) is 31.1 Å². The molecule has 2 aromatic heterocycles. The molecular weight excluding hydrogens is 474 g/mol. The second-order valence-corrected chi connectivity index (χ2v) is 10.2. The van der Waals surface area contributed by atoms with E-state index in [0.29, 0.717) is 30.9 Å². The average molecular weight is 496 g/mol. The second kappa shape index (κ2) is 9.00. The maximum absolute atomic E-state index is 13.0. The molecule has 0 aliphatic carbocycles. The largest absolute Gasteiger partial charge is 0.308 e. The second-order valence-electron chi connectivity index (χ2n) is 8.29. The number of H-pyrrole nitrogens is 1. The highest BCUT2D eigenvalue weighted by Gasteiger charge is 2.31. The van der Waals surface area contributed by atoms with E-state index < -0.39 is 14.9 Å². The summed E-state index contributed by atoms with van der Waals surface area (Å²) in [7, 11) is -3.79. The molecule has 180 valence electrons. The number of sulfonamides is 1. The Morgan fingerprint density at radius 2 is 1.74 bits per heavy atom. The van der Waals surface area contributed by atoms with E-state index in [9.17, 15) is 23.3 Å². The summed E-state index contributed by atoms with van der Waals surface area (Å²) >= 11 is 0. The number of aromatic amines is 1. The SMILES string of the molecule is O=c1[nH]c(C2CCN(S(=O)(=O)c3ccc([N+](=O)[O-])cc3)CC2)nc2c1nnn2Cc1ccccc1. The van der Waals surface area contributed by atoms with Gasteiger partial charge in [-0.05, 0) is 30.5 Å². The van der Waals surface area contributed by atoms with Gasteiger partial charge in [0.1, 0.15) is 5.82 Å². The number of nitrogens with zero attached hydrogens (tertiary/aromatic N) is 6. The van der Waals surface area contributed by atoms with Gasteiger partial charge >= 0.3 is 0 Å². The number of non-ortho nitro benzene ring substituents is 1. The number of hydrogen-bond donors (Lipinski definition) is 1. The number of nitrogens with one attached hydrogen (secondary N) is 1. The van der Waals surface area contributed by atoms with Gasteiger partial charge in [0.05, 0.1) is 16.4 Å². The van der Waals surface area contributed by atoms with E-state index in [1.54, 1.807) is 4.68 Å². The van der Waals surface area contributed by atoms with Gasteiger partial charge in [-0.15, -0.1) is 5.10 Å². The van der Waals surface area contributed by atoms with E-state index >= 15 is 0 Å². The Balaban J connectivity index is 1.34. The number of hydrogen-bond acceptors (Lipinski definition) is 8. The summed E-state index contributed by atoms with van der Waals surface area (Å²) < 4.78 is 28.9. The van der Waals surface area contributed by atoms with Gasteiger partial charge in [-0.3, -0.25) is 14.9 Å². The van der Waals surface area contributed by atoms with Crippen molar-refractivity contribution in [2.45, 2.75) is 30.2 Å². The van der Waals surface area contributed by atoms with Crippen LogP contribution in [0.1, 0.15) is 30.1 Å². The highest BCUT2D eigenvalue weighted by molar-refractivity contribution is 7.89. The van der Waals surface area contributed by atoms with Gasteiger partial charge in [0.15, 0.2) is 11.2 Å². The molecule has 3 heterocycles. The van der Waals surface area contributed by atoms with E-state index in [1.165, 1.54) is 28.6 Å². The van der Waals surface area contributed by atoms with Crippen molar-refractivity contribution in [3.63, 3.8) is 0 Å². The van der Waals surface area contributed by atoms with E-state index in [0.717, 1.165) is 5.56 Å². The van der Waals surface area contributed by atoms with Gasteiger partial charge in [0.25, 0.3) is 11.2 Å². The monoisotopic (exact) mass is 495 g/mol. The third-order valence-corrected chi connectivity index (χ3v) is 8.01. The molecule has 0 saturated carbocycles. The summed E-state index contributed by atoms with van der Waals surface area (Å²) in [4.78, 5) is 30.3. The van der Waals surface area contributed by atoms with Crippen LogP contribution in [-0.2, 0) is 16.6 Å². The first kappa shape index (κ1) is 22.8. The maximum atomic E-state index is 13.0. The minimum absolute atomic E-state index is 0.00499. The molecule has 0 amide bonds. The highest BCUT2D eigenvalue weighted by Crippen LogP contribution is 2.29. The molecule has 0 unspecified atom stereocenters. The van der Waals surface area contributed by atoms with Crippen LogP contribution >= 0.6 is 0 Å². The Morgan fingerprint density at radius 1 is 1.06 bits per heavy atom. The first-order valence-corrected chi connectivity index (χ1v) is 12.4. The van der Waals surface area contributed by atoms with Gasteiger partial charge in [-0.1, -0.05) is 35.5 Å². The Bertz CT molecular complexity index is 1540. The Morgan fingerprint density at radius 3 is 2.40 bits per heavy atom. The molecule has 0 bridgehead atoms. The third kappa shape index (κ3) is 4.42. The quantitative estimate of drug-likeness (QED) is 0.314. The van der Waals surface area contributed by atoms with Crippen LogP contribution in [0.2, 0.25) is 0 Å². The number of fused-ring (bicyclic) bond motifs is 1. The summed E-state index contributed by atoms with van der Waals surface area (Å²) in [5.41, 5.74) is 0.975. The van der Waals surface area contributed by atoms with Crippen LogP contribution in [0.4, 0.5) is 5.69 Å². The van der Waals surface area contributed by atoms with Crippen molar-refractivity contribution in [3.05, 3.63) is 86.5 Å². The zero-order chi connectivity index (χ0) is 24.6. The molecule has 4 aromatic rings. The summed E-state index contributed by atoms with van der Waals surface area (Å²) in [5.74, 6) is 0.335. The van der Waals surface area contributed by atoms with Crippen LogP contribution in [0, 0.1) is 10.1 Å². The topological polar surface area (TPSA) is 157 Å². The molecule has 1 aliphatic heterocycles. The van der Waals surface area contributed by atoms with Crippen molar-refractivity contribution < 1.29 is 13.3 Å². The molecule has 0 spiro atoms. The first-order valence-electron chi connectivity index (χ1n) is 10.9. The average Bonchev–Trinajstić information content (AvgIpc) is 3.28. The zero-order valence-electron chi connectivity index (χ0n) is 18.4. The van der Waals surface area contributed by atoms with Crippen LogP contribution in [-0.4, -0.2) is 55.7 Å². The maximum Gasteiger partial charge on any atom is 0.281 e. The van der Waals surface area contributed by atoms with Crippen LogP contribution in [0.3, 0.4) is 0 Å². The lowest BCUT2D eigenvalue weighted by Gasteiger charge is -2.30. The van der Waals surface area contributed by atoms with E-state index in [2.05, 4.69) is 20.3 Å². The summed E-state index contributed by atoms with van der Waals surface area (Å²) in [6.07, 6.45) is 0.918. The smallest absolute Gasteiger partial charge is 0.281 e. The van der Waals surface area contributed by atoms with Crippen molar-refractivity contribution in [3.8, 4) is 0 Å². The predicted octanol–water partition coefficient (Wildman–Crippen LogP) is 2.04. The van der Waals surface area contributed by atoms with Crippen molar-refractivity contribution in [2.24, 2.45) is 0 Å². The number of nitro benzene ring substituents is 1. The molecule has 1 saturated heterocycles. The summed E-state index contributed by atoms with van der Waals surface area (Å²) in [6.45, 7) is 0.875. The molecule has 0 radical (unpaired) electrons. The van der Waals surface area contributed by atoms with Gasteiger partial charge < -0.3 is 4.98 Å². The molecule has 1 N–H and O–H groups in total. The minimum Gasteiger partial charge on any atom is -0.308 e. The van der Waals surface area contributed by atoms with Crippen molar-refractivity contribution in [1.82, 2.24) is 29.3 Å². The fraction of sp³-hybridized carbons (Fsp3) is 0.273. The lowest BCUT2D eigenvalue weighted by Crippen LogP contribution is -2.38. The molecule has 13 heteroatoms. The van der Waals surface area contributed by atoms with Gasteiger partial charge in [0.2, 0.25) is 10.0 Å². The van der Waals surface area contributed by atoms with Crippen molar-refractivity contribution in [1.29, 1.82) is 0 Å². The van der Waals surface area contributed by atoms with E-state index in [1.807, 2.05) is 30.3 Å². The van der Waals surface area contributed by atoms with Gasteiger partial charge in [-0.2, -0.15) is 4.31 Å². The van der Waals surface area contributed by atoms with Crippen LogP contribution in [0.15, 0.2) is 64.3 Å². The molecular formula is C22H21N7O5S. The summed E-state index contributed by atoms with van der Waals surface area (Å²) in [5, 5.41) is 18.9. The molecule has 0 atom stereocenters. The number of aromatic nitrogens is 5. The number of nitro groups is 1. The van der Waals surface area contributed by atoms with E-state index in [4.69, 9.17) is 0 Å². The lowest BCUT2D eigenvalue weighted by molar-refractivity contribution is -0.384. The normalized spacial score (nSPS) is 15.4. The Kier molecular flexibility index (Phi) is 5.86. The molecule has 12 nitrogen and oxygen atoms in total. The minimum atomic E-state index is -3.79. The van der Waals surface area contributed by atoms with Crippen molar-refractivity contribution in [2.75, 3.05) is 13.1 Å². The predicted molar refractivity (Wildman–Crippen MR) is 125 cm³/mol. The lowest BCUT2D eigenvalue weighted by atomic mass is 9.97. The zero-order valence-corrected chi connectivity index (χ0v) is 19.3. The standard InChI is InChI=1S/C22H21N7O5S/c30-22-19-21(28(26-25-19)14-15-4-2-1-3-5-15)23-20(24-22)16-10-12-27(13-11-16)35(33,34)18-8-6-17(7-9-18)29(31)32/h1-9,16H,10-14H2,(H,23,24,30). The molecule has 1 aliphatic rings. The third-order valence-electron chi connectivity index (χ3n) is 6.09.